The van der Waals surface area contributed by atoms with Crippen LogP contribution in [0.2, 0.25) is 0 Å². The molecule has 6 nitrogen and oxygen atoms in total. The van der Waals surface area contributed by atoms with Gasteiger partial charge in [0.2, 0.25) is 5.95 Å². The van der Waals surface area contributed by atoms with Crippen molar-refractivity contribution in [1.82, 2.24) is 24.6 Å². The Bertz CT molecular complexity index is 1180. The first-order valence-corrected chi connectivity index (χ1v) is 8.38. The lowest BCUT2D eigenvalue weighted by Gasteiger charge is -2.15. The molecule has 2 N–H and O–H groups in total. The fourth-order valence-corrected chi connectivity index (χ4v) is 3.15. The maximum absolute atomic E-state index is 13.3. The zero-order valence-corrected chi connectivity index (χ0v) is 15.0. The number of aryl methyl sites for hydroxylation is 2. The van der Waals surface area contributed by atoms with Crippen molar-refractivity contribution >= 4 is 11.6 Å². The van der Waals surface area contributed by atoms with E-state index in [1.165, 1.54) is 11.3 Å². The second-order valence-corrected chi connectivity index (χ2v) is 6.35. The predicted octanol–water partition coefficient (Wildman–Crippen LogP) is 4.07. The van der Waals surface area contributed by atoms with Crippen LogP contribution < -0.4 is 5.73 Å². The Morgan fingerprint density at radius 2 is 1.64 bits per heavy atom. The van der Waals surface area contributed by atoms with Crippen LogP contribution in [0.5, 0.6) is 0 Å². The van der Waals surface area contributed by atoms with Crippen molar-refractivity contribution < 1.29 is 13.2 Å². The molecule has 0 atom stereocenters. The molecule has 9 heteroatoms. The molecule has 0 fully saturated rings. The zero-order valence-electron chi connectivity index (χ0n) is 15.0. The van der Waals surface area contributed by atoms with E-state index in [4.69, 9.17) is 5.73 Å². The second-order valence-electron chi connectivity index (χ2n) is 6.35. The van der Waals surface area contributed by atoms with E-state index in [1.807, 2.05) is 30.3 Å². The summed E-state index contributed by atoms with van der Waals surface area (Å²) in [5, 5.41) is 8.18. The van der Waals surface area contributed by atoms with Gasteiger partial charge in [-0.1, -0.05) is 30.3 Å². The van der Waals surface area contributed by atoms with Crippen molar-refractivity contribution in [3.63, 3.8) is 0 Å². The number of halogens is 3. The van der Waals surface area contributed by atoms with Gasteiger partial charge in [-0.05, 0) is 31.5 Å². The molecule has 0 bridgehead atoms. The van der Waals surface area contributed by atoms with Gasteiger partial charge in [0.1, 0.15) is 11.5 Å². The highest BCUT2D eigenvalue weighted by molar-refractivity contribution is 5.91. The molecule has 0 amide bonds. The first-order valence-electron chi connectivity index (χ1n) is 8.38. The molecule has 1 aromatic carbocycles. The molecule has 0 aliphatic carbocycles. The topological polar surface area (TPSA) is 82.0 Å². The minimum absolute atomic E-state index is 0.155. The lowest BCUT2D eigenvalue weighted by Crippen LogP contribution is -2.10. The Labute approximate surface area is 157 Å². The van der Waals surface area contributed by atoms with Crippen molar-refractivity contribution in [1.29, 1.82) is 0 Å². The van der Waals surface area contributed by atoms with Crippen molar-refractivity contribution in [2.45, 2.75) is 20.0 Å². The normalized spacial score (nSPS) is 11.9. The van der Waals surface area contributed by atoms with E-state index in [1.54, 1.807) is 13.0 Å². The number of pyridine rings is 1. The monoisotopic (exact) mass is 384 g/mol. The highest BCUT2D eigenvalue weighted by Crippen LogP contribution is 2.37. The third kappa shape index (κ3) is 2.94. The van der Waals surface area contributed by atoms with Crippen molar-refractivity contribution in [3.8, 4) is 22.4 Å². The van der Waals surface area contributed by atoms with Crippen LogP contribution in [0.1, 0.15) is 17.2 Å². The van der Waals surface area contributed by atoms with Gasteiger partial charge in [0.05, 0.1) is 11.3 Å². The van der Waals surface area contributed by atoms with Crippen LogP contribution in [-0.2, 0) is 6.18 Å². The number of hydrogen-bond donors (Lipinski definition) is 1. The maximum Gasteiger partial charge on any atom is 0.433 e. The summed E-state index contributed by atoms with van der Waals surface area (Å²) in [6, 6.07) is 11.7. The third-order valence-corrected chi connectivity index (χ3v) is 4.32. The highest BCUT2D eigenvalue weighted by atomic mass is 19.4. The SMILES string of the molecule is Cc1cc(-c2c(-c3ccccc3)nc(N)n3c(C)nnc23)cc(C(F)(F)F)n1. The number of benzene rings is 1. The summed E-state index contributed by atoms with van der Waals surface area (Å²) < 4.78 is 41.5. The molecule has 0 spiro atoms. The van der Waals surface area contributed by atoms with E-state index >= 15 is 0 Å². The summed E-state index contributed by atoms with van der Waals surface area (Å²) >= 11 is 0. The number of nitrogens with two attached hydrogens (primary N) is 1. The first kappa shape index (κ1) is 17.9. The molecule has 4 aromatic rings. The maximum atomic E-state index is 13.3. The van der Waals surface area contributed by atoms with Crippen LogP contribution in [0.3, 0.4) is 0 Å². The second kappa shape index (κ2) is 6.29. The van der Waals surface area contributed by atoms with Gasteiger partial charge < -0.3 is 5.73 Å². The van der Waals surface area contributed by atoms with Crippen LogP contribution in [0.15, 0.2) is 42.5 Å². The third-order valence-electron chi connectivity index (χ3n) is 4.32. The van der Waals surface area contributed by atoms with Crippen LogP contribution in [0.25, 0.3) is 28.0 Å². The molecule has 0 aliphatic heterocycles. The van der Waals surface area contributed by atoms with Gasteiger partial charge in [-0.3, -0.25) is 0 Å². The Morgan fingerprint density at radius 3 is 2.32 bits per heavy atom. The van der Waals surface area contributed by atoms with Crippen LogP contribution in [-0.4, -0.2) is 24.6 Å². The van der Waals surface area contributed by atoms with Gasteiger partial charge in [-0.2, -0.15) is 13.2 Å². The zero-order chi connectivity index (χ0) is 20.1. The fourth-order valence-electron chi connectivity index (χ4n) is 3.15. The van der Waals surface area contributed by atoms with Crippen LogP contribution in [0, 0.1) is 13.8 Å². The molecule has 0 aliphatic rings. The molecular formula is C19H15F3N6. The molecule has 28 heavy (non-hydrogen) atoms. The molecule has 0 saturated carbocycles. The van der Waals surface area contributed by atoms with Gasteiger partial charge >= 0.3 is 6.18 Å². The average Bonchev–Trinajstić information content (AvgIpc) is 3.03. The van der Waals surface area contributed by atoms with E-state index in [2.05, 4.69) is 20.2 Å². The van der Waals surface area contributed by atoms with Gasteiger partial charge in [-0.25, -0.2) is 14.4 Å². The van der Waals surface area contributed by atoms with Gasteiger partial charge in [0, 0.05) is 11.3 Å². The van der Waals surface area contributed by atoms with Gasteiger partial charge in [0.15, 0.2) is 5.65 Å². The van der Waals surface area contributed by atoms with E-state index in [9.17, 15) is 13.2 Å². The highest BCUT2D eigenvalue weighted by Gasteiger charge is 2.33. The molecule has 3 aromatic heterocycles. The number of aromatic nitrogens is 5. The Hall–Kier alpha value is -3.49. The number of fused-ring (bicyclic) bond motifs is 1. The number of rotatable bonds is 2. The molecule has 3 heterocycles. The Balaban J connectivity index is 2.12. The quantitative estimate of drug-likeness (QED) is 0.563. The number of nitrogens with zero attached hydrogens (tertiary/aromatic N) is 5. The van der Waals surface area contributed by atoms with E-state index in [0.717, 1.165) is 6.07 Å². The largest absolute Gasteiger partial charge is 0.433 e. The summed E-state index contributed by atoms with van der Waals surface area (Å²) in [5.74, 6) is 0.643. The molecule has 0 saturated heterocycles. The van der Waals surface area contributed by atoms with Crippen LogP contribution in [0.4, 0.5) is 19.1 Å². The fraction of sp³-hybridized carbons (Fsp3) is 0.158. The Morgan fingerprint density at radius 1 is 0.929 bits per heavy atom. The van der Waals surface area contributed by atoms with E-state index < -0.39 is 11.9 Å². The summed E-state index contributed by atoms with van der Waals surface area (Å²) in [6.07, 6.45) is -4.57. The molecule has 0 radical (unpaired) electrons. The van der Waals surface area contributed by atoms with Gasteiger partial charge in [-0.15, -0.1) is 10.2 Å². The molecular weight excluding hydrogens is 369 g/mol. The summed E-state index contributed by atoms with van der Waals surface area (Å²) in [6.45, 7) is 3.21. The number of alkyl halides is 3. The van der Waals surface area contributed by atoms with E-state index in [0.29, 0.717) is 33.9 Å². The minimum atomic E-state index is -4.57. The standard InChI is InChI=1S/C19H15F3N6/c1-10-8-13(9-14(24-10)19(20,21)22)15-16(12-6-4-3-5-7-12)25-18(23)28-11(2)26-27-17(15)28/h3-9H,1-2H3,(H2,23,25). The lowest BCUT2D eigenvalue weighted by molar-refractivity contribution is -0.141. The average molecular weight is 384 g/mol. The number of hydrogen-bond acceptors (Lipinski definition) is 5. The van der Waals surface area contributed by atoms with Crippen molar-refractivity contribution in [2.75, 3.05) is 5.73 Å². The minimum Gasteiger partial charge on any atom is -0.369 e. The Kier molecular flexibility index (Phi) is 4.02. The predicted molar refractivity (Wildman–Crippen MR) is 98.3 cm³/mol. The van der Waals surface area contributed by atoms with Crippen molar-refractivity contribution in [3.05, 3.63) is 59.7 Å². The van der Waals surface area contributed by atoms with Crippen molar-refractivity contribution in [2.24, 2.45) is 0 Å². The summed E-state index contributed by atoms with van der Waals surface area (Å²) in [5.41, 5.74) is 7.52. The molecule has 4 rings (SSSR count). The number of anilines is 1. The van der Waals surface area contributed by atoms with E-state index in [-0.39, 0.29) is 11.6 Å². The van der Waals surface area contributed by atoms with Gasteiger partial charge in [0.25, 0.3) is 0 Å². The smallest absolute Gasteiger partial charge is 0.369 e. The molecule has 142 valence electrons. The summed E-state index contributed by atoms with van der Waals surface area (Å²) in [4.78, 5) is 8.08. The first-order chi connectivity index (χ1) is 13.3. The van der Waals surface area contributed by atoms with Crippen LogP contribution >= 0.6 is 0 Å². The summed E-state index contributed by atoms with van der Waals surface area (Å²) in [7, 11) is 0. The number of nitrogen functional groups attached to an aromatic ring is 1. The lowest BCUT2D eigenvalue weighted by atomic mass is 9.99. The molecule has 0 unspecified atom stereocenters.